The van der Waals surface area contributed by atoms with Gasteiger partial charge in [0, 0.05) is 6.54 Å². The molecule has 1 unspecified atom stereocenters. The van der Waals surface area contributed by atoms with Crippen LogP contribution in [0.15, 0.2) is 12.1 Å². The molecule has 0 aromatic heterocycles. The molecule has 1 aliphatic heterocycles. The molecule has 0 radical (unpaired) electrons. The van der Waals surface area contributed by atoms with Crippen molar-refractivity contribution < 1.29 is 9.47 Å². The first kappa shape index (κ1) is 11.3. The second kappa shape index (κ2) is 4.74. The van der Waals surface area contributed by atoms with Crippen LogP contribution in [-0.2, 0) is 0 Å². The zero-order valence-corrected chi connectivity index (χ0v) is 10.2. The van der Waals surface area contributed by atoms with E-state index in [1.54, 1.807) is 7.11 Å². The summed E-state index contributed by atoms with van der Waals surface area (Å²) >= 11 is 0. The van der Waals surface area contributed by atoms with Crippen LogP contribution in [-0.4, -0.2) is 26.3 Å². The fraction of sp³-hybridized carbons (Fsp3) is 0.538. The van der Waals surface area contributed by atoms with Crippen LogP contribution in [0.2, 0.25) is 0 Å². The second-order valence-electron chi connectivity index (χ2n) is 4.32. The Morgan fingerprint density at radius 1 is 1.25 bits per heavy atom. The summed E-state index contributed by atoms with van der Waals surface area (Å²) in [4.78, 5) is 0. The van der Waals surface area contributed by atoms with Gasteiger partial charge in [0.1, 0.15) is 17.6 Å². The lowest BCUT2D eigenvalue weighted by molar-refractivity contribution is 0.222. The maximum Gasteiger partial charge on any atom is 0.124 e. The smallest absolute Gasteiger partial charge is 0.124 e. The predicted molar refractivity (Wildman–Crippen MR) is 64.4 cm³/mol. The van der Waals surface area contributed by atoms with Crippen molar-refractivity contribution in [2.75, 3.05) is 20.2 Å². The average molecular weight is 221 g/mol. The van der Waals surface area contributed by atoms with Gasteiger partial charge in [-0.15, -0.1) is 0 Å². The van der Waals surface area contributed by atoms with Gasteiger partial charge in [0.25, 0.3) is 0 Å². The van der Waals surface area contributed by atoms with Gasteiger partial charge in [-0.25, -0.2) is 0 Å². The molecule has 3 nitrogen and oxygen atoms in total. The number of hydrogen-bond donors (Lipinski definition) is 1. The van der Waals surface area contributed by atoms with E-state index in [1.807, 2.05) is 26.0 Å². The topological polar surface area (TPSA) is 30.5 Å². The Morgan fingerprint density at radius 3 is 2.44 bits per heavy atom. The Kier molecular flexibility index (Phi) is 3.34. The third-order valence-corrected chi connectivity index (χ3v) is 2.96. The van der Waals surface area contributed by atoms with Gasteiger partial charge >= 0.3 is 0 Å². The number of aryl methyl sites for hydroxylation is 2. The van der Waals surface area contributed by atoms with Gasteiger partial charge in [0.05, 0.1) is 7.11 Å². The lowest BCUT2D eigenvalue weighted by Gasteiger charge is -2.15. The maximum absolute atomic E-state index is 5.92. The summed E-state index contributed by atoms with van der Waals surface area (Å²) < 4.78 is 11.3. The Morgan fingerprint density at radius 2 is 1.94 bits per heavy atom. The zero-order valence-electron chi connectivity index (χ0n) is 10.2. The molecule has 1 atom stereocenters. The van der Waals surface area contributed by atoms with Crippen LogP contribution >= 0.6 is 0 Å². The molecule has 1 N–H and O–H groups in total. The van der Waals surface area contributed by atoms with Gasteiger partial charge in [-0.2, -0.15) is 0 Å². The van der Waals surface area contributed by atoms with Crippen LogP contribution in [0.25, 0.3) is 0 Å². The molecule has 1 saturated heterocycles. The molecular formula is C13H19NO2. The summed E-state index contributed by atoms with van der Waals surface area (Å²) in [6, 6.07) is 4.09. The second-order valence-corrected chi connectivity index (χ2v) is 4.32. The quantitative estimate of drug-likeness (QED) is 0.847. The molecule has 16 heavy (non-hydrogen) atoms. The van der Waals surface area contributed by atoms with Gasteiger partial charge < -0.3 is 14.8 Å². The molecular weight excluding hydrogens is 202 g/mol. The van der Waals surface area contributed by atoms with Crippen molar-refractivity contribution in [3.05, 3.63) is 23.3 Å². The van der Waals surface area contributed by atoms with Crippen molar-refractivity contribution >= 4 is 0 Å². The SMILES string of the molecule is COc1c(C)cc(OC2CCNC2)cc1C. The van der Waals surface area contributed by atoms with Gasteiger partial charge in [0.2, 0.25) is 0 Å². The van der Waals surface area contributed by atoms with E-state index in [4.69, 9.17) is 9.47 Å². The largest absolute Gasteiger partial charge is 0.496 e. The van der Waals surface area contributed by atoms with E-state index in [2.05, 4.69) is 5.32 Å². The summed E-state index contributed by atoms with van der Waals surface area (Å²) in [6.45, 7) is 6.10. The molecule has 0 aliphatic carbocycles. The van der Waals surface area contributed by atoms with E-state index in [9.17, 15) is 0 Å². The van der Waals surface area contributed by atoms with Crippen LogP contribution < -0.4 is 14.8 Å². The summed E-state index contributed by atoms with van der Waals surface area (Å²) in [5, 5.41) is 3.29. The predicted octanol–water partition coefficient (Wildman–Crippen LogP) is 2.05. The summed E-state index contributed by atoms with van der Waals surface area (Å²) in [5.41, 5.74) is 2.26. The molecule has 0 bridgehead atoms. The van der Waals surface area contributed by atoms with E-state index in [0.717, 1.165) is 42.1 Å². The minimum Gasteiger partial charge on any atom is -0.496 e. The molecule has 0 amide bonds. The van der Waals surface area contributed by atoms with Crippen molar-refractivity contribution in [3.8, 4) is 11.5 Å². The number of benzene rings is 1. The van der Waals surface area contributed by atoms with E-state index < -0.39 is 0 Å². The number of ether oxygens (including phenoxy) is 2. The highest BCUT2D eigenvalue weighted by molar-refractivity contribution is 5.45. The third kappa shape index (κ3) is 2.30. The van der Waals surface area contributed by atoms with Crippen molar-refractivity contribution in [1.82, 2.24) is 5.32 Å². The molecule has 0 spiro atoms. The molecule has 3 heteroatoms. The summed E-state index contributed by atoms with van der Waals surface area (Å²) in [6.07, 6.45) is 1.40. The van der Waals surface area contributed by atoms with E-state index >= 15 is 0 Å². The molecule has 1 aliphatic rings. The fourth-order valence-corrected chi connectivity index (χ4v) is 2.22. The molecule has 1 aromatic carbocycles. The molecule has 2 rings (SSSR count). The Bertz CT molecular complexity index is 347. The van der Waals surface area contributed by atoms with Crippen molar-refractivity contribution in [1.29, 1.82) is 0 Å². The highest BCUT2D eigenvalue weighted by atomic mass is 16.5. The monoisotopic (exact) mass is 221 g/mol. The minimum atomic E-state index is 0.312. The first-order chi connectivity index (χ1) is 7.70. The lowest BCUT2D eigenvalue weighted by atomic mass is 10.1. The van der Waals surface area contributed by atoms with E-state index in [0.29, 0.717) is 6.10 Å². The molecule has 1 fully saturated rings. The number of methoxy groups -OCH3 is 1. The number of nitrogens with one attached hydrogen (secondary N) is 1. The highest BCUT2D eigenvalue weighted by Gasteiger charge is 2.16. The van der Waals surface area contributed by atoms with Crippen molar-refractivity contribution in [2.24, 2.45) is 0 Å². The van der Waals surface area contributed by atoms with Crippen LogP contribution in [0, 0.1) is 13.8 Å². The third-order valence-electron chi connectivity index (χ3n) is 2.96. The van der Waals surface area contributed by atoms with Crippen LogP contribution in [0.3, 0.4) is 0 Å². The lowest BCUT2D eigenvalue weighted by Crippen LogP contribution is -2.19. The molecule has 0 saturated carbocycles. The first-order valence-electron chi connectivity index (χ1n) is 5.73. The van der Waals surface area contributed by atoms with Gasteiger partial charge in [-0.1, -0.05) is 0 Å². The minimum absolute atomic E-state index is 0.312. The zero-order chi connectivity index (χ0) is 11.5. The number of rotatable bonds is 3. The van der Waals surface area contributed by atoms with E-state index in [1.165, 1.54) is 0 Å². The average Bonchev–Trinajstić information content (AvgIpc) is 2.70. The van der Waals surface area contributed by atoms with Crippen LogP contribution in [0.5, 0.6) is 11.5 Å². The molecule has 88 valence electrons. The van der Waals surface area contributed by atoms with Crippen LogP contribution in [0.1, 0.15) is 17.5 Å². The summed E-state index contributed by atoms with van der Waals surface area (Å²) in [7, 11) is 1.71. The van der Waals surface area contributed by atoms with Gasteiger partial charge in [-0.3, -0.25) is 0 Å². The van der Waals surface area contributed by atoms with E-state index in [-0.39, 0.29) is 0 Å². The molecule has 1 aromatic rings. The Hall–Kier alpha value is -1.22. The number of hydrogen-bond acceptors (Lipinski definition) is 3. The highest BCUT2D eigenvalue weighted by Crippen LogP contribution is 2.28. The first-order valence-corrected chi connectivity index (χ1v) is 5.73. The Balaban J connectivity index is 2.15. The Labute approximate surface area is 96.8 Å². The van der Waals surface area contributed by atoms with Crippen LogP contribution in [0.4, 0.5) is 0 Å². The maximum atomic E-state index is 5.92. The fourth-order valence-electron chi connectivity index (χ4n) is 2.22. The van der Waals surface area contributed by atoms with Gasteiger partial charge in [-0.05, 0) is 50.1 Å². The van der Waals surface area contributed by atoms with Gasteiger partial charge in [0.15, 0.2) is 0 Å². The van der Waals surface area contributed by atoms with Crippen molar-refractivity contribution in [2.45, 2.75) is 26.4 Å². The standard InChI is InChI=1S/C13H19NO2/c1-9-6-12(7-10(2)13(9)15-3)16-11-4-5-14-8-11/h6-7,11,14H,4-5,8H2,1-3H3. The summed E-state index contributed by atoms with van der Waals surface area (Å²) in [5.74, 6) is 1.90. The normalized spacial score (nSPS) is 19.8. The van der Waals surface area contributed by atoms with Crippen molar-refractivity contribution in [3.63, 3.8) is 0 Å². The molecule has 1 heterocycles.